The Kier molecular flexibility index (Phi) is 6.39. The van der Waals surface area contributed by atoms with Crippen LogP contribution >= 0.6 is 11.6 Å². The molecule has 4 nitrogen and oxygen atoms in total. The molecule has 0 heterocycles. The van der Waals surface area contributed by atoms with Gasteiger partial charge in [-0.25, -0.2) is 17.5 Å². The summed E-state index contributed by atoms with van der Waals surface area (Å²) in [7, 11) is -3.94. The van der Waals surface area contributed by atoms with E-state index >= 15 is 0 Å². The topological polar surface area (TPSA) is 66.4 Å². The lowest BCUT2D eigenvalue weighted by atomic mass is 9.97. The van der Waals surface area contributed by atoms with E-state index in [0.717, 1.165) is 25.0 Å². The standard InChI is InChI=1S/C13H19ClFNO3S/c1-3-9(4-2)12(17)8-16-20(18,19)13-7-10(15)5-6-11(13)14/h5-7,9,12,16-17H,3-4,8H2,1-2H3. The van der Waals surface area contributed by atoms with Gasteiger partial charge in [-0.05, 0) is 24.1 Å². The molecule has 1 aromatic rings. The highest BCUT2D eigenvalue weighted by Gasteiger charge is 2.22. The van der Waals surface area contributed by atoms with E-state index in [0.29, 0.717) is 0 Å². The van der Waals surface area contributed by atoms with Crippen molar-refractivity contribution in [3.05, 3.63) is 29.0 Å². The van der Waals surface area contributed by atoms with E-state index in [2.05, 4.69) is 4.72 Å². The molecule has 1 unspecified atom stereocenters. The summed E-state index contributed by atoms with van der Waals surface area (Å²) >= 11 is 5.76. The molecule has 1 atom stereocenters. The average molecular weight is 324 g/mol. The van der Waals surface area contributed by atoms with Crippen LogP contribution in [0.4, 0.5) is 4.39 Å². The van der Waals surface area contributed by atoms with Gasteiger partial charge in [-0.15, -0.1) is 0 Å². The van der Waals surface area contributed by atoms with Crippen molar-refractivity contribution >= 4 is 21.6 Å². The fraction of sp³-hybridized carbons (Fsp3) is 0.538. The molecule has 0 bridgehead atoms. The zero-order chi connectivity index (χ0) is 15.3. The van der Waals surface area contributed by atoms with Gasteiger partial charge in [0.2, 0.25) is 10.0 Å². The first kappa shape index (κ1) is 17.4. The maximum absolute atomic E-state index is 13.1. The highest BCUT2D eigenvalue weighted by Crippen LogP contribution is 2.22. The molecule has 0 spiro atoms. The summed E-state index contributed by atoms with van der Waals surface area (Å²) in [5, 5.41) is 9.85. The maximum atomic E-state index is 13.1. The predicted octanol–water partition coefficient (Wildman–Crippen LogP) is 2.55. The van der Waals surface area contributed by atoms with Crippen LogP contribution in [0.5, 0.6) is 0 Å². The normalized spacial score (nSPS) is 13.7. The Bertz CT molecular complexity index is 547. The van der Waals surface area contributed by atoms with E-state index in [9.17, 15) is 17.9 Å². The van der Waals surface area contributed by atoms with Crippen LogP contribution in [-0.2, 0) is 10.0 Å². The van der Waals surface area contributed by atoms with Crippen molar-refractivity contribution in [2.24, 2.45) is 5.92 Å². The molecule has 1 aromatic carbocycles. The van der Waals surface area contributed by atoms with Crippen LogP contribution in [0.1, 0.15) is 26.7 Å². The lowest BCUT2D eigenvalue weighted by Gasteiger charge is -2.20. The molecule has 0 aliphatic heterocycles. The van der Waals surface area contributed by atoms with Gasteiger partial charge in [0.1, 0.15) is 10.7 Å². The molecule has 2 N–H and O–H groups in total. The van der Waals surface area contributed by atoms with Gasteiger partial charge >= 0.3 is 0 Å². The van der Waals surface area contributed by atoms with Crippen molar-refractivity contribution in [2.75, 3.05) is 6.54 Å². The molecular weight excluding hydrogens is 305 g/mol. The number of sulfonamides is 1. The molecule has 0 saturated carbocycles. The van der Waals surface area contributed by atoms with Gasteiger partial charge in [-0.3, -0.25) is 0 Å². The molecule has 0 radical (unpaired) electrons. The molecular formula is C13H19ClFNO3S. The van der Waals surface area contributed by atoms with Gasteiger partial charge in [0.05, 0.1) is 11.1 Å². The highest BCUT2D eigenvalue weighted by molar-refractivity contribution is 7.89. The molecule has 114 valence electrons. The third-order valence-corrected chi connectivity index (χ3v) is 5.16. The fourth-order valence-corrected chi connectivity index (χ4v) is 3.52. The average Bonchev–Trinajstić information content (AvgIpc) is 2.40. The Balaban J connectivity index is 2.83. The lowest BCUT2D eigenvalue weighted by Crippen LogP contribution is -2.36. The zero-order valence-electron chi connectivity index (χ0n) is 11.4. The van der Waals surface area contributed by atoms with Crippen LogP contribution in [0.15, 0.2) is 23.1 Å². The second-order valence-electron chi connectivity index (χ2n) is 4.57. The quantitative estimate of drug-likeness (QED) is 0.810. The molecule has 0 aliphatic rings. The Morgan fingerprint density at radius 3 is 2.50 bits per heavy atom. The van der Waals surface area contributed by atoms with E-state index < -0.39 is 21.9 Å². The molecule has 0 aromatic heterocycles. The van der Waals surface area contributed by atoms with Crippen LogP contribution in [0, 0.1) is 11.7 Å². The van der Waals surface area contributed by atoms with Crippen LogP contribution < -0.4 is 4.72 Å². The van der Waals surface area contributed by atoms with Crippen LogP contribution in [0.2, 0.25) is 5.02 Å². The lowest BCUT2D eigenvalue weighted by molar-refractivity contribution is 0.107. The minimum absolute atomic E-state index is 0.0145. The van der Waals surface area contributed by atoms with Gasteiger partial charge in [-0.2, -0.15) is 0 Å². The third kappa shape index (κ3) is 4.41. The summed E-state index contributed by atoms with van der Waals surface area (Å²) in [4.78, 5) is -0.323. The predicted molar refractivity (Wildman–Crippen MR) is 76.7 cm³/mol. The van der Waals surface area contributed by atoms with E-state index in [1.165, 1.54) is 6.07 Å². The van der Waals surface area contributed by atoms with Gasteiger partial charge in [0.15, 0.2) is 0 Å². The Hall–Kier alpha value is -0.690. The molecule has 7 heteroatoms. The number of aliphatic hydroxyl groups excluding tert-OH is 1. The monoisotopic (exact) mass is 323 g/mol. The molecule has 1 rings (SSSR count). The number of hydrogen-bond donors (Lipinski definition) is 2. The number of halogens is 2. The minimum atomic E-state index is -3.94. The molecule has 20 heavy (non-hydrogen) atoms. The minimum Gasteiger partial charge on any atom is -0.391 e. The Labute approximate surface area is 124 Å². The van der Waals surface area contributed by atoms with Crippen molar-refractivity contribution in [1.29, 1.82) is 0 Å². The third-order valence-electron chi connectivity index (χ3n) is 3.26. The van der Waals surface area contributed by atoms with Crippen molar-refractivity contribution in [3.63, 3.8) is 0 Å². The Morgan fingerprint density at radius 2 is 1.95 bits per heavy atom. The maximum Gasteiger partial charge on any atom is 0.242 e. The number of hydrogen-bond acceptors (Lipinski definition) is 3. The largest absolute Gasteiger partial charge is 0.391 e. The summed E-state index contributed by atoms with van der Waals surface area (Å²) in [6.45, 7) is 3.73. The number of aliphatic hydroxyl groups is 1. The summed E-state index contributed by atoms with van der Waals surface area (Å²) < 4.78 is 39.4. The second-order valence-corrected chi connectivity index (χ2v) is 6.71. The number of rotatable bonds is 7. The van der Waals surface area contributed by atoms with E-state index in [-0.39, 0.29) is 22.4 Å². The van der Waals surface area contributed by atoms with Gasteiger partial charge in [-0.1, -0.05) is 38.3 Å². The fourth-order valence-electron chi connectivity index (χ4n) is 1.96. The number of benzene rings is 1. The first-order chi connectivity index (χ1) is 9.31. The SMILES string of the molecule is CCC(CC)C(O)CNS(=O)(=O)c1cc(F)ccc1Cl. The smallest absolute Gasteiger partial charge is 0.242 e. The van der Waals surface area contributed by atoms with Crippen molar-refractivity contribution in [2.45, 2.75) is 37.7 Å². The van der Waals surface area contributed by atoms with E-state index in [1.54, 1.807) is 0 Å². The van der Waals surface area contributed by atoms with E-state index in [1.807, 2.05) is 13.8 Å². The molecule has 0 fully saturated rings. The van der Waals surface area contributed by atoms with Gasteiger partial charge < -0.3 is 5.11 Å². The van der Waals surface area contributed by atoms with Gasteiger partial charge in [0.25, 0.3) is 0 Å². The van der Waals surface area contributed by atoms with Gasteiger partial charge in [0, 0.05) is 6.54 Å². The van der Waals surface area contributed by atoms with Crippen molar-refractivity contribution in [1.82, 2.24) is 4.72 Å². The van der Waals surface area contributed by atoms with Crippen LogP contribution in [-0.4, -0.2) is 26.2 Å². The zero-order valence-corrected chi connectivity index (χ0v) is 13.0. The second kappa shape index (κ2) is 7.36. The summed E-state index contributed by atoms with van der Waals surface area (Å²) in [5.74, 6) is -0.670. The van der Waals surface area contributed by atoms with Crippen LogP contribution in [0.25, 0.3) is 0 Å². The summed E-state index contributed by atoms with van der Waals surface area (Å²) in [6.07, 6.45) is 0.715. The molecule has 0 amide bonds. The van der Waals surface area contributed by atoms with Crippen molar-refractivity contribution < 1.29 is 17.9 Å². The summed E-state index contributed by atoms with van der Waals surface area (Å²) in [6, 6.07) is 3.12. The first-order valence-electron chi connectivity index (χ1n) is 6.44. The van der Waals surface area contributed by atoms with E-state index in [4.69, 9.17) is 11.6 Å². The summed E-state index contributed by atoms with van der Waals surface area (Å²) in [5.41, 5.74) is 0. The van der Waals surface area contributed by atoms with Crippen LogP contribution in [0.3, 0.4) is 0 Å². The van der Waals surface area contributed by atoms with Crippen molar-refractivity contribution in [3.8, 4) is 0 Å². The Morgan fingerprint density at radius 1 is 1.35 bits per heavy atom. The molecule has 0 saturated heterocycles. The molecule has 0 aliphatic carbocycles. The number of nitrogens with one attached hydrogen (secondary N) is 1. The highest BCUT2D eigenvalue weighted by atomic mass is 35.5. The first-order valence-corrected chi connectivity index (χ1v) is 8.30.